The summed E-state index contributed by atoms with van der Waals surface area (Å²) >= 11 is 7.23. The van der Waals surface area contributed by atoms with Gasteiger partial charge in [-0.2, -0.15) is 0 Å². The summed E-state index contributed by atoms with van der Waals surface area (Å²) in [4.78, 5) is 35.0. The number of rotatable bonds is 6. The maximum absolute atomic E-state index is 12.0. The number of nitrogens with one attached hydrogen (secondary N) is 1. The van der Waals surface area contributed by atoms with Crippen molar-refractivity contribution in [2.24, 2.45) is 0 Å². The van der Waals surface area contributed by atoms with Crippen molar-refractivity contribution in [3.63, 3.8) is 0 Å². The maximum atomic E-state index is 12.0. The van der Waals surface area contributed by atoms with Crippen LogP contribution in [0.1, 0.15) is 28.2 Å². The number of nitrogens with zero attached hydrogens (tertiary/aromatic N) is 1. The molecule has 7 nitrogen and oxygen atoms in total. The third-order valence-electron chi connectivity index (χ3n) is 3.06. The van der Waals surface area contributed by atoms with E-state index in [1.54, 1.807) is 6.92 Å². The molecule has 0 spiro atoms. The van der Waals surface area contributed by atoms with Crippen LogP contribution in [0.3, 0.4) is 0 Å². The first-order chi connectivity index (χ1) is 11.4. The van der Waals surface area contributed by atoms with Gasteiger partial charge >= 0.3 is 5.97 Å². The summed E-state index contributed by atoms with van der Waals surface area (Å²) in [6.07, 6.45) is 0. The van der Waals surface area contributed by atoms with E-state index < -0.39 is 29.1 Å². The Balaban J connectivity index is 1.97. The zero-order valence-corrected chi connectivity index (χ0v) is 14.1. The van der Waals surface area contributed by atoms with Gasteiger partial charge in [-0.15, -0.1) is 11.3 Å². The van der Waals surface area contributed by atoms with Crippen molar-refractivity contribution in [3.05, 3.63) is 61.3 Å². The van der Waals surface area contributed by atoms with Gasteiger partial charge in [-0.25, -0.2) is 4.79 Å². The Kier molecular flexibility index (Phi) is 5.88. The molecule has 2 aromatic rings. The third kappa shape index (κ3) is 4.53. The van der Waals surface area contributed by atoms with E-state index in [9.17, 15) is 19.7 Å². The first-order valence-corrected chi connectivity index (χ1v) is 8.08. The molecular formula is C15H13ClN2O5S. The molecule has 126 valence electrons. The van der Waals surface area contributed by atoms with E-state index in [4.69, 9.17) is 16.3 Å². The third-order valence-corrected chi connectivity index (χ3v) is 4.35. The minimum atomic E-state index is -0.983. The average molecular weight is 369 g/mol. The van der Waals surface area contributed by atoms with E-state index in [1.807, 2.05) is 17.5 Å². The number of benzene rings is 1. The van der Waals surface area contributed by atoms with Gasteiger partial charge in [0.25, 0.3) is 11.6 Å². The highest BCUT2D eigenvalue weighted by atomic mass is 35.5. The smallest absolute Gasteiger partial charge is 0.345 e. The van der Waals surface area contributed by atoms with Crippen LogP contribution in [0, 0.1) is 10.1 Å². The number of carbonyl (C=O) groups excluding carboxylic acids is 2. The Morgan fingerprint density at radius 1 is 1.42 bits per heavy atom. The maximum Gasteiger partial charge on any atom is 0.345 e. The van der Waals surface area contributed by atoms with Gasteiger partial charge in [-0.05, 0) is 30.5 Å². The van der Waals surface area contributed by atoms with Crippen molar-refractivity contribution in [1.29, 1.82) is 0 Å². The highest BCUT2D eigenvalue weighted by Gasteiger charge is 2.22. The van der Waals surface area contributed by atoms with Crippen molar-refractivity contribution >= 4 is 40.5 Å². The number of carbonyl (C=O) groups is 2. The van der Waals surface area contributed by atoms with Crippen molar-refractivity contribution in [1.82, 2.24) is 5.32 Å². The summed E-state index contributed by atoms with van der Waals surface area (Å²) in [6.45, 7) is 1.26. The largest absolute Gasteiger partial charge is 0.452 e. The van der Waals surface area contributed by atoms with E-state index in [0.717, 1.165) is 17.0 Å². The molecular weight excluding hydrogens is 356 g/mol. The molecule has 0 aliphatic carbocycles. The second-order valence-electron chi connectivity index (χ2n) is 4.80. The van der Waals surface area contributed by atoms with Gasteiger partial charge in [0.05, 0.1) is 11.0 Å². The van der Waals surface area contributed by atoms with E-state index in [-0.39, 0.29) is 16.6 Å². The molecule has 0 saturated heterocycles. The van der Waals surface area contributed by atoms with Gasteiger partial charge < -0.3 is 10.1 Å². The average Bonchev–Trinajstić information content (AvgIpc) is 3.06. The first kappa shape index (κ1) is 17.9. The lowest BCUT2D eigenvalue weighted by molar-refractivity contribution is -0.385. The van der Waals surface area contributed by atoms with Gasteiger partial charge in [0, 0.05) is 16.0 Å². The van der Waals surface area contributed by atoms with E-state index >= 15 is 0 Å². The monoisotopic (exact) mass is 368 g/mol. The van der Waals surface area contributed by atoms with Crippen LogP contribution >= 0.6 is 22.9 Å². The number of hydrogen-bond acceptors (Lipinski definition) is 6. The number of nitro benzene ring substituents is 1. The van der Waals surface area contributed by atoms with Crippen molar-refractivity contribution in [3.8, 4) is 0 Å². The first-order valence-electron chi connectivity index (χ1n) is 6.82. The van der Waals surface area contributed by atoms with Crippen LogP contribution in [-0.4, -0.2) is 23.4 Å². The SMILES string of the molecule is C[C@H](NC(=O)COC(=O)c1cc(Cl)ccc1[N+](=O)[O-])c1cccs1. The molecule has 0 aliphatic rings. The van der Waals surface area contributed by atoms with Crippen LogP contribution in [0.15, 0.2) is 35.7 Å². The molecule has 24 heavy (non-hydrogen) atoms. The van der Waals surface area contributed by atoms with E-state index in [1.165, 1.54) is 17.4 Å². The van der Waals surface area contributed by atoms with E-state index in [0.29, 0.717) is 0 Å². The van der Waals surface area contributed by atoms with Crippen LogP contribution < -0.4 is 5.32 Å². The molecule has 0 saturated carbocycles. The highest BCUT2D eigenvalue weighted by Crippen LogP contribution is 2.23. The van der Waals surface area contributed by atoms with Gasteiger partial charge in [0.1, 0.15) is 5.56 Å². The summed E-state index contributed by atoms with van der Waals surface area (Å²) in [6, 6.07) is 7.05. The number of ether oxygens (including phenoxy) is 1. The Bertz CT molecular complexity index is 763. The standard InChI is InChI=1S/C15H13ClN2O5S/c1-9(13-3-2-6-24-13)17-14(19)8-23-15(20)11-7-10(16)4-5-12(11)18(21)22/h2-7,9H,8H2,1H3,(H,17,19)/t9-/m0/s1. The summed E-state index contributed by atoms with van der Waals surface area (Å²) in [7, 11) is 0. The minimum absolute atomic E-state index is 0.156. The van der Waals surface area contributed by atoms with Gasteiger partial charge in [0.2, 0.25) is 0 Å². The fourth-order valence-electron chi connectivity index (χ4n) is 1.93. The number of amides is 1. The highest BCUT2D eigenvalue weighted by molar-refractivity contribution is 7.10. The Labute approximate surface area is 146 Å². The number of halogens is 1. The predicted octanol–water partition coefficient (Wildman–Crippen LogP) is 3.34. The fraction of sp³-hybridized carbons (Fsp3) is 0.200. The number of esters is 1. The van der Waals surface area contributed by atoms with Crippen molar-refractivity contribution < 1.29 is 19.2 Å². The van der Waals surface area contributed by atoms with Crippen LogP contribution in [-0.2, 0) is 9.53 Å². The Morgan fingerprint density at radius 2 is 2.17 bits per heavy atom. The lowest BCUT2D eigenvalue weighted by Gasteiger charge is -2.12. The lowest BCUT2D eigenvalue weighted by atomic mass is 10.2. The summed E-state index contributed by atoms with van der Waals surface area (Å²) in [5.74, 6) is -1.49. The number of nitro groups is 1. The summed E-state index contributed by atoms with van der Waals surface area (Å²) in [5.41, 5.74) is -0.733. The molecule has 0 fully saturated rings. The van der Waals surface area contributed by atoms with E-state index in [2.05, 4.69) is 5.32 Å². The molecule has 0 unspecified atom stereocenters. The fourth-order valence-corrected chi connectivity index (χ4v) is 2.84. The molecule has 9 heteroatoms. The Morgan fingerprint density at radius 3 is 2.79 bits per heavy atom. The quantitative estimate of drug-likeness (QED) is 0.479. The molecule has 0 radical (unpaired) electrons. The molecule has 1 heterocycles. The Hall–Kier alpha value is -2.45. The predicted molar refractivity (Wildman–Crippen MR) is 89.3 cm³/mol. The van der Waals surface area contributed by atoms with Crippen LogP contribution in [0.2, 0.25) is 5.02 Å². The molecule has 1 aromatic heterocycles. The van der Waals surface area contributed by atoms with Gasteiger partial charge in [-0.1, -0.05) is 17.7 Å². The summed E-state index contributed by atoms with van der Waals surface area (Å²) in [5, 5.41) is 15.6. The zero-order valence-electron chi connectivity index (χ0n) is 12.5. The molecule has 0 bridgehead atoms. The van der Waals surface area contributed by atoms with Crippen molar-refractivity contribution in [2.45, 2.75) is 13.0 Å². The topological polar surface area (TPSA) is 98.5 Å². The molecule has 1 amide bonds. The van der Waals surface area contributed by atoms with Crippen LogP contribution in [0.5, 0.6) is 0 Å². The summed E-state index contributed by atoms with van der Waals surface area (Å²) < 4.78 is 4.84. The molecule has 0 aliphatic heterocycles. The number of thiophene rings is 1. The normalized spacial score (nSPS) is 11.6. The molecule has 1 atom stereocenters. The second kappa shape index (κ2) is 7.89. The zero-order chi connectivity index (χ0) is 17.7. The van der Waals surface area contributed by atoms with Crippen molar-refractivity contribution in [2.75, 3.05) is 6.61 Å². The molecule has 1 N–H and O–H groups in total. The molecule has 1 aromatic carbocycles. The second-order valence-corrected chi connectivity index (χ2v) is 6.22. The van der Waals surface area contributed by atoms with Crippen LogP contribution in [0.25, 0.3) is 0 Å². The number of hydrogen-bond donors (Lipinski definition) is 1. The lowest BCUT2D eigenvalue weighted by Crippen LogP contribution is -2.30. The van der Waals surface area contributed by atoms with Gasteiger partial charge in [0.15, 0.2) is 6.61 Å². The molecule has 2 rings (SSSR count). The van der Waals surface area contributed by atoms with Crippen LogP contribution in [0.4, 0.5) is 5.69 Å². The minimum Gasteiger partial charge on any atom is -0.452 e. The van der Waals surface area contributed by atoms with Gasteiger partial charge in [-0.3, -0.25) is 14.9 Å².